The largest absolute Gasteiger partial charge is 0.472 e. The van der Waals surface area contributed by atoms with Gasteiger partial charge in [-0.3, -0.25) is 0 Å². The van der Waals surface area contributed by atoms with Gasteiger partial charge in [-0.25, -0.2) is 0 Å². The third-order valence-electron chi connectivity index (χ3n) is 2.43. The number of furan rings is 1. The zero-order valence-corrected chi connectivity index (χ0v) is 6.58. The van der Waals surface area contributed by atoms with Crippen molar-refractivity contribution >= 4 is 0 Å². The molecule has 0 saturated heterocycles. The fraction of sp³-hybridized carbons (Fsp3) is 0.556. The Hall–Kier alpha value is -0.760. The Labute approximate surface area is 65.8 Å². The van der Waals surface area contributed by atoms with E-state index in [4.69, 9.17) is 4.42 Å². The predicted molar refractivity (Wildman–Crippen MR) is 41.0 cm³/mol. The van der Waals surface area contributed by atoms with E-state index in [1.807, 2.05) is 6.07 Å². The maximum Gasteiger partial charge on any atom is 0.0963 e. The molecule has 1 aromatic rings. The van der Waals surface area contributed by atoms with Crippen LogP contribution in [0, 0.1) is 5.92 Å². The van der Waals surface area contributed by atoms with Gasteiger partial charge in [0.1, 0.15) is 0 Å². The lowest BCUT2D eigenvalue weighted by molar-refractivity contribution is -0.0741. The topological polar surface area (TPSA) is 33.4 Å². The molecule has 0 aliphatic heterocycles. The summed E-state index contributed by atoms with van der Waals surface area (Å²) < 4.78 is 4.91. The van der Waals surface area contributed by atoms with E-state index in [1.54, 1.807) is 12.5 Å². The summed E-state index contributed by atoms with van der Waals surface area (Å²) in [6, 6.07) is 1.84. The smallest absolute Gasteiger partial charge is 0.0963 e. The van der Waals surface area contributed by atoms with Crippen LogP contribution in [0.3, 0.4) is 0 Å². The average molecular weight is 152 g/mol. The molecule has 1 N–H and O–H groups in total. The highest BCUT2D eigenvalue weighted by molar-refractivity contribution is 5.19. The molecule has 1 saturated carbocycles. The Morgan fingerprint density at radius 2 is 2.36 bits per heavy atom. The van der Waals surface area contributed by atoms with Gasteiger partial charge in [0.25, 0.3) is 0 Å². The van der Waals surface area contributed by atoms with Crippen LogP contribution in [0.15, 0.2) is 23.0 Å². The van der Waals surface area contributed by atoms with E-state index < -0.39 is 5.60 Å². The predicted octanol–water partition coefficient (Wildman–Crippen LogP) is 1.90. The molecular weight excluding hydrogens is 140 g/mol. The van der Waals surface area contributed by atoms with Gasteiger partial charge in [-0.15, -0.1) is 0 Å². The first-order chi connectivity index (χ1) is 5.21. The second-order valence-electron chi connectivity index (χ2n) is 3.56. The Bertz CT molecular complexity index is 232. The maximum absolute atomic E-state index is 9.88. The zero-order chi connectivity index (χ0) is 7.90. The van der Waals surface area contributed by atoms with E-state index in [0.29, 0.717) is 5.92 Å². The Balaban J connectivity index is 2.18. The van der Waals surface area contributed by atoms with Gasteiger partial charge in [-0.05, 0) is 24.8 Å². The Kier molecular flexibility index (Phi) is 1.33. The Morgan fingerprint density at radius 3 is 2.82 bits per heavy atom. The average Bonchev–Trinajstić information content (AvgIpc) is 2.34. The summed E-state index contributed by atoms with van der Waals surface area (Å²) >= 11 is 0. The number of hydrogen-bond acceptors (Lipinski definition) is 2. The molecule has 60 valence electrons. The van der Waals surface area contributed by atoms with Gasteiger partial charge < -0.3 is 9.52 Å². The van der Waals surface area contributed by atoms with Crippen molar-refractivity contribution in [3.8, 4) is 0 Å². The second kappa shape index (κ2) is 2.11. The summed E-state index contributed by atoms with van der Waals surface area (Å²) in [5.41, 5.74) is 0.350. The normalized spacial score (nSPS) is 36.7. The van der Waals surface area contributed by atoms with Gasteiger partial charge in [0, 0.05) is 5.56 Å². The maximum atomic E-state index is 9.88. The lowest BCUT2D eigenvalue weighted by Gasteiger charge is -2.41. The summed E-state index contributed by atoms with van der Waals surface area (Å²) in [6.07, 6.45) is 4.97. The van der Waals surface area contributed by atoms with Crippen LogP contribution in [-0.2, 0) is 5.60 Å². The molecule has 0 aromatic carbocycles. The first-order valence-electron chi connectivity index (χ1n) is 3.96. The SMILES string of the molecule is CC1CC(O)(c2ccoc2)C1. The molecule has 1 aliphatic carbocycles. The molecule has 0 radical (unpaired) electrons. The quantitative estimate of drug-likeness (QED) is 0.666. The van der Waals surface area contributed by atoms with Gasteiger partial charge in [-0.2, -0.15) is 0 Å². The first kappa shape index (κ1) is 6.92. The molecule has 0 unspecified atom stereocenters. The summed E-state index contributed by atoms with van der Waals surface area (Å²) in [5, 5.41) is 9.88. The summed E-state index contributed by atoms with van der Waals surface area (Å²) in [5.74, 6) is 0.648. The van der Waals surface area contributed by atoms with Gasteiger partial charge in [0.05, 0.1) is 18.1 Å². The van der Waals surface area contributed by atoms with Crippen molar-refractivity contribution in [3.63, 3.8) is 0 Å². The van der Waals surface area contributed by atoms with E-state index in [9.17, 15) is 5.11 Å². The lowest BCUT2D eigenvalue weighted by atomic mass is 9.69. The zero-order valence-electron chi connectivity index (χ0n) is 6.58. The van der Waals surface area contributed by atoms with Crippen molar-refractivity contribution in [2.75, 3.05) is 0 Å². The molecule has 0 atom stereocenters. The van der Waals surface area contributed by atoms with Gasteiger partial charge in [-0.1, -0.05) is 6.92 Å². The van der Waals surface area contributed by atoms with Gasteiger partial charge in [0.15, 0.2) is 0 Å². The Morgan fingerprint density at radius 1 is 1.64 bits per heavy atom. The molecule has 2 rings (SSSR count). The van der Waals surface area contributed by atoms with E-state index in [0.717, 1.165) is 18.4 Å². The molecule has 0 bridgehead atoms. The van der Waals surface area contributed by atoms with Crippen molar-refractivity contribution in [1.29, 1.82) is 0 Å². The van der Waals surface area contributed by atoms with Crippen LogP contribution in [0.1, 0.15) is 25.3 Å². The first-order valence-corrected chi connectivity index (χ1v) is 3.96. The third-order valence-corrected chi connectivity index (χ3v) is 2.43. The summed E-state index contributed by atoms with van der Waals surface area (Å²) in [7, 11) is 0. The lowest BCUT2D eigenvalue weighted by Crippen LogP contribution is -2.39. The summed E-state index contributed by atoms with van der Waals surface area (Å²) in [4.78, 5) is 0. The minimum absolute atomic E-state index is 0.577. The standard InChI is InChI=1S/C9H12O2/c1-7-4-9(10,5-7)8-2-3-11-6-8/h2-3,6-7,10H,4-5H2,1H3. The second-order valence-corrected chi connectivity index (χ2v) is 3.56. The van der Waals surface area contributed by atoms with Crippen molar-refractivity contribution in [2.45, 2.75) is 25.4 Å². The van der Waals surface area contributed by atoms with Crippen molar-refractivity contribution in [2.24, 2.45) is 5.92 Å². The van der Waals surface area contributed by atoms with Crippen LogP contribution < -0.4 is 0 Å². The molecule has 2 nitrogen and oxygen atoms in total. The van der Waals surface area contributed by atoms with Gasteiger partial charge in [0.2, 0.25) is 0 Å². The molecular formula is C9H12O2. The highest BCUT2D eigenvalue weighted by Gasteiger charge is 2.42. The van der Waals surface area contributed by atoms with Crippen LogP contribution in [0.2, 0.25) is 0 Å². The minimum Gasteiger partial charge on any atom is -0.472 e. The van der Waals surface area contributed by atoms with E-state index in [-0.39, 0.29) is 0 Å². The molecule has 1 fully saturated rings. The fourth-order valence-corrected chi connectivity index (χ4v) is 1.86. The van der Waals surface area contributed by atoms with Crippen LogP contribution in [-0.4, -0.2) is 5.11 Å². The highest BCUT2D eigenvalue weighted by atomic mass is 16.3. The van der Waals surface area contributed by atoms with Crippen LogP contribution in [0.4, 0.5) is 0 Å². The van der Waals surface area contributed by atoms with Crippen molar-refractivity contribution < 1.29 is 9.52 Å². The molecule has 0 spiro atoms. The van der Waals surface area contributed by atoms with Crippen molar-refractivity contribution in [1.82, 2.24) is 0 Å². The van der Waals surface area contributed by atoms with Crippen LogP contribution in [0.25, 0.3) is 0 Å². The number of aliphatic hydroxyl groups is 1. The molecule has 1 heterocycles. The van der Waals surface area contributed by atoms with E-state index in [1.165, 1.54) is 0 Å². The van der Waals surface area contributed by atoms with Crippen molar-refractivity contribution in [3.05, 3.63) is 24.2 Å². The summed E-state index contributed by atoms with van der Waals surface area (Å²) in [6.45, 7) is 2.15. The third kappa shape index (κ3) is 0.979. The number of hydrogen-bond donors (Lipinski definition) is 1. The fourth-order valence-electron chi connectivity index (χ4n) is 1.86. The minimum atomic E-state index is -0.577. The van der Waals surface area contributed by atoms with Gasteiger partial charge >= 0.3 is 0 Å². The molecule has 2 heteroatoms. The van der Waals surface area contributed by atoms with Crippen LogP contribution in [0.5, 0.6) is 0 Å². The molecule has 1 aromatic heterocycles. The monoisotopic (exact) mass is 152 g/mol. The number of rotatable bonds is 1. The molecule has 11 heavy (non-hydrogen) atoms. The van der Waals surface area contributed by atoms with E-state index >= 15 is 0 Å². The van der Waals surface area contributed by atoms with Crippen LogP contribution >= 0.6 is 0 Å². The molecule has 1 aliphatic rings. The van der Waals surface area contributed by atoms with E-state index in [2.05, 4.69) is 6.92 Å². The molecule has 0 amide bonds. The highest BCUT2D eigenvalue weighted by Crippen LogP contribution is 2.45.